The summed E-state index contributed by atoms with van der Waals surface area (Å²) in [5.74, 6) is 2.37. The number of aryl methyl sites for hydroxylation is 1. The van der Waals surface area contributed by atoms with Crippen LogP contribution in [0.2, 0.25) is 0 Å². The molecular weight excluding hydrogens is 234 g/mol. The zero-order valence-electron chi connectivity index (χ0n) is 9.92. The largest absolute Gasteiger partial charge is 0.322 e. The lowest BCUT2D eigenvalue weighted by atomic mass is 10.4. The van der Waals surface area contributed by atoms with E-state index >= 15 is 0 Å². The Kier molecular flexibility index (Phi) is 2.48. The first-order valence-electron chi connectivity index (χ1n) is 5.77. The maximum absolute atomic E-state index is 5.81. The van der Waals surface area contributed by atoms with Gasteiger partial charge in [0, 0.05) is 18.3 Å². The standard InChI is InChI=1S/C11H15N5S/c1-6(12)11-13-8(5-17-11)10-14-9(7-3-4-7)15-16(10)2/h5-7H,3-4,12H2,1-2H3. The summed E-state index contributed by atoms with van der Waals surface area (Å²) in [5, 5.41) is 7.38. The van der Waals surface area contributed by atoms with Crippen LogP contribution >= 0.6 is 11.3 Å². The average Bonchev–Trinajstić information content (AvgIpc) is 2.88. The van der Waals surface area contributed by atoms with Gasteiger partial charge >= 0.3 is 0 Å². The van der Waals surface area contributed by atoms with E-state index in [0.717, 1.165) is 22.4 Å². The van der Waals surface area contributed by atoms with Crippen molar-refractivity contribution in [2.24, 2.45) is 12.8 Å². The van der Waals surface area contributed by atoms with Gasteiger partial charge in [-0.25, -0.2) is 14.6 Å². The molecular formula is C11H15N5S. The van der Waals surface area contributed by atoms with Gasteiger partial charge in [-0.1, -0.05) is 0 Å². The first-order valence-corrected chi connectivity index (χ1v) is 6.65. The van der Waals surface area contributed by atoms with Gasteiger partial charge in [-0.2, -0.15) is 5.10 Å². The zero-order chi connectivity index (χ0) is 12.0. The van der Waals surface area contributed by atoms with E-state index in [1.54, 1.807) is 11.3 Å². The van der Waals surface area contributed by atoms with Crippen LogP contribution in [0.15, 0.2) is 5.38 Å². The van der Waals surface area contributed by atoms with E-state index in [4.69, 9.17) is 5.73 Å². The van der Waals surface area contributed by atoms with Crippen molar-refractivity contribution < 1.29 is 0 Å². The van der Waals surface area contributed by atoms with Crippen molar-refractivity contribution in [3.05, 3.63) is 16.2 Å². The number of hydrogen-bond donors (Lipinski definition) is 1. The van der Waals surface area contributed by atoms with Crippen LogP contribution in [0, 0.1) is 0 Å². The van der Waals surface area contributed by atoms with Gasteiger partial charge < -0.3 is 5.73 Å². The van der Waals surface area contributed by atoms with E-state index in [9.17, 15) is 0 Å². The third-order valence-electron chi connectivity index (χ3n) is 2.86. The minimum Gasteiger partial charge on any atom is -0.322 e. The van der Waals surface area contributed by atoms with Crippen LogP contribution in [0.4, 0.5) is 0 Å². The SMILES string of the molecule is CC(N)c1nc(-c2nc(C3CC3)nn2C)cs1. The molecule has 0 radical (unpaired) electrons. The minimum atomic E-state index is -0.0233. The summed E-state index contributed by atoms with van der Waals surface area (Å²) in [6, 6.07) is -0.0233. The fraction of sp³-hybridized carbons (Fsp3) is 0.545. The van der Waals surface area contributed by atoms with E-state index in [-0.39, 0.29) is 6.04 Å². The molecule has 6 heteroatoms. The summed E-state index contributed by atoms with van der Waals surface area (Å²) in [6.07, 6.45) is 2.43. The molecule has 0 bridgehead atoms. The number of thiazole rings is 1. The molecule has 0 saturated heterocycles. The molecule has 17 heavy (non-hydrogen) atoms. The Morgan fingerprint density at radius 2 is 2.24 bits per heavy atom. The number of aromatic nitrogens is 4. The Bertz CT molecular complexity index is 538. The van der Waals surface area contributed by atoms with Crippen LogP contribution in [0.5, 0.6) is 0 Å². The molecule has 2 heterocycles. The van der Waals surface area contributed by atoms with Crippen LogP contribution in [0.1, 0.15) is 42.6 Å². The fourth-order valence-corrected chi connectivity index (χ4v) is 2.50. The highest BCUT2D eigenvalue weighted by molar-refractivity contribution is 7.10. The molecule has 1 saturated carbocycles. The molecule has 90 valence electrons. The van der Waals surface area contributed by atoms with Crippen molar-refractivity contribution in [2.45, 2.75) is 31.7 Å². The summed E-state index contributed by atoms with van der Waals surface area (Å²) in [7, 11) is 1.92. The quantitative estimate of drug-likeness (QED) is 0.901. The molecule has 5 nitrogen and oxygen atoms in total. The second-order valence-corrected chi connectivity index (χ2v) is 5.44. The molecule has 2 aromatic heterocycles. The Balaban J connectivity index is 1.96. The van der Waals surface area contributed by atoms with E-state index < -0.39 is 0 Å². The molecule has 1 atom stereocenters. The molecule has 2 aromatic rings. The first kappa shape index (κ1) is 10.9. The lowest BCUT2D eigenvalue weighted by Crippen LogP contribution is -2.04. The maximum Gasteiger partial charge on any atom is 0.177 e. The third kappa shape index (κ3) is 1.98. The highest BCUT2D eigenvalue weighted by Crippen LogP contribution is 2.38. The molecule has 0 amide bonds. The zero-order valence-corrected chi connectivity index (χ0v) is 10.7. The Labute approximate surface area is 104 Å². The Morgan fingerprint density at radius 1 is 1.47 bits per heavy atom. The molecule has 1 fully saturated rings. The predicted molar refractivity (Wildman–Crippen MR) is 66.7 cm³/mol. The summed E-state index contributed by atoms with van der Waals surface area (Å²) in [4.78, 5) is 9.07. The van der Waals surface area contributed by atoms with Crippen LogP contribution in [-0.4, -0.2) is 19.7 Å². The van der Waals surface area contributed by atoms with E-state index in [1.165, 1.54) is 12.8 Å². The van der Waals surface area contributed by atoms with E-state index in [0.29, 0.717) is 5.92 Å². The van der Waals surface area contributed by atoms with Crippen LogP contribution in [0.25, 0.3) is 11.5 Å². The van der Waals surface area contributed by atoms with Gasteiger partial charge in [0.15, 0.2) is 11.6 Å². The summed E-state index contributed by atoms with van der Waals surface area (Å²) in [5.41, 5.74) is 6.69. The third-order valence-corrected chi connectivity index (χ3v) is 3.91. The van der Waals surface area contributed by atoms with Gasteiger partial charge in [0.2, 0.25) is 0 Å². The molecule has 3 rings (SSSR count). The van der Waals surface area contributed by atoms with Crippen LogP contribution in [0.3, 0.4) is 0 Å². The lowest BCUT2D eigenvalue weighted by molar-refractivity contribution is 0.747. The molecule has 1 unspecified atom stereocenters. The van der Waals surface area contributed by atoms with Crippen molar-refractivity contribution >= 4 is 11.3 Å². The van der Waals surface area contributed by atoms with Gasteiger partial charge in [-0.05, 0) is 19.8 Å². The summed E-state index contributed by atoms with van der Waals surface area (Å²) < 4.78 is 1.81. The van der Waals surface area contributed by atoms with Crippen LogP contribution in [-0.2, 0) is 7.05 Å². The highest BCUT2D eigenvalue weighted by atomic mass is 32.1. The molecule has 1 aliphatic rings. The first-order chi connectivity index (χ1) is 8.15. The molecule has 2 N–H and O–H groups in total. The Hall–Kier alpha value is -1.27. The van der Waals surface area contributed by atoms with Crippen molar-refractivity contribution in [3.63, 3.8) is 0 Å². The van der Waals surface area contributed by atoms with Gasteiger partial charge in [-0.15, -0.1) is 11.3 Å². The summed E-state index contributed by atoms with van der Waals surface area (Å²) >= 11 is 1.58. The van der Waals surface area contributed by atoms with Gasteiger partial charge in [0.25, 0.3) is 0 Å². The second-order valence-electron chi connectivity index (χ2n) is 4.55. The van der Waals surface area contributed by atoms with Crippen molar-refractivity contribution in [1.29, 1.82) is 0 Å². The molecule has 0 aromatic carbocycles. The van der Waals surface area contributed by atoms with E-state index in [1.807, 2.05) is 24.0 Å². The number of nitrogens with two attached hydrogens (primary N) is 1. The van der Waals surface area contributed by atoms with E-state index in [2.05, 4.69) is 15.1 Å². The molecule has 1 aliphatic carbocycles. The average molecular weight is 249 g/mol. The minimum absolute atomic E-state index is 0.0233. The molecule has 0 spiro atoms. The number of hydrogen-bond acceptors (Lipinski definition) is 5. The lowest BCUT2D eigenvalue weighted by Gasteiger charge is -1.97. The number of nitrogens with zero attached hydrogens (tertiary/aromatic N) is 4. The maximum atomic E-state index is 5.81. The second kappa shape index (κ2) is 3.89. The number of rotatable bonds is 3. The van der Waals surface area contributed by atoms with Crippen molar-refractivity contribution in [2.75, 3.05) is 0 Å². The monoisotopic (exact) mass is 249 g/mol. The predicted octanol–water partition coefficient (Wildman–Crippen LogP) is 1.84. The van der Waals surface area contributed by atoms with Crippen LogP contribution < -0.4 is 5.73 Å². The topological polar surface area (TPSA) is 69.6 Å². The molecule has 0 aliphatic heterocycles. The fourth-order valence-electron chi connectivity index (χ4n) is 1.74. The Morgan fingerprint density at radius 3 is 2.82 bits per heavy atom. The van der Waals surface area contributed by atoms with Gasteiger partial charge in [0.05, 0.1) is 6.04 Å². The summed E-state index contributed by atoms with van der Waals surface area (Å²) in [6.45, 7) is 1.94. The smallest absolute Gasteiger partial charge is 0.177 e. The van der Waals surface area contributed by atoms with Gasteiger partial charge in [-0.3, -0.25) is 0 Å². The normalized spacial score (nSPS) is 17.4. The van der Waals surface area contributed by atoms with Gasteiger partial charge in [0.1, 0.15) is 10.7 Å². The van der Waals surface area contributed by atoms with Crippen molar-refractivity contribution in [1.82, 2.24) is 19.7 Å². The highest BCUT2D eigenvalue weighted by Gasteiger charge is 2.29. The van der Waals surface area contributed by atoms with Crippen molar-refractivity contribution in [3.8, 4) is 11.5 Å².